The summed E-state index contributed by atoms with van der Waals surface area (Å²) in [6.07, 6.45) is 0.140. The minimum absolute atomic E-state index is 0.0193. The third-order valence-corrected chi connectivity index (χ3v) is 3.96. The number of halogens is 2. The summed E-state index contributed by atoms with van der Waals surface area (Å²) in [5, 5.41) is 6.08. The van der Waals surface area contributed by atoms with Gasteiger partial charge in [0.15, 0.2) is 0 Å². The molecule has 0 saturated carbocycles. The number of piperazine rings is 1. The Morgan fingerprint density at radius 1 is 1.45 bits per heavy atom. The van der Waals surface area contributed by atoms with Crippen LogP contribution in [0.1, 0.15) is 19.4 Å². The van der Waals surface area contributed by atoms with Crippen molar-refractivity contribution in [2.24, 2.45) is 0 Å². The van der Waals surface area contributed by atoms with Crippen LogP contribution >= 0.6 is 0 Å². The minimum atomic E-state index is -0.572. The van der Waals surface area contributed by atoms with E-state index in [1.165, 1.54) is 18.2 Å². The molecule has 22 heavy (non-hydrogen) atoms. The first-order valence-electron chi connectivity index (χ1n) is 7.64. The van der Waals surface area contributed by atoms with E-state index < -0.39 is 11.6 Å². The maximum absolute atomic E-state index is 13.6. The highest BCUT2D eigenvalue weighted by atomic mass is 19.1. The molecule has 2 N–H and O–H groups in total. The van der Waals surface area contributed by atoms with Gasteiger partial charge in [-0.25, -0.2) is 8.78 Å². The molecule has 0 aromatic heterocycles. The number of rotatable bonds is 5. The molecular weight excluding hydrogens is 288 g/mol. The van der Waals surface area contributed by atoms with Crippen LogP contribution in [0.15, 0.2) is 18.2 Å². The van der Waals surface area contributed by atoms with Crippen LogP contribution in [-0.4, -0.2) is 49.1 Å². The zero-order chi connectivity index (χ0) is 16.1. The molecule has 1 heterocycles. The predicted molar refractivity (Wildman–Crippen MR) is 81.6 cm³/mol. The van der Waals surface area contributed by atoms with Gasteiger partial charge in [-0.2, -0.15) is 0 Å². The van der Waals surface area contributed by atoms with E-state index in [4.69, 9.17) is 0 Å². The van der Waals surface area contributed by atoms with Gasteiger partial charge in [-0.1, -0.05) is 6.07 Å². The van der Waals surface area contributed by atoms with Crippen LogP contribution < -0.4 is 10.6 Å². The number of nitrogens with one attached hydrogen (secondary N) is 2. The standard InChI is InChI=1S/C16H23F2N3O/c1-11(8-13-14(17)4-3-5-15(13)18)20-16(22)10-21-7-6-19-9-12(21)2/h3-5,11-12,19H,6-10H2,1-2H3,(H,20,22)/t11?,12-/m1/s1. The Kier molecular flexibility index (Phi) is 5.85. The Labute approximate surface area is 129 Å². The zero-order valence-corrected chi connectivity index (χ0v) is 13.0. The Morgan fingerprint density at radius 2 is 2.14 bits per heavy atom. The van der Waals surface area contributed by atoms with Gasteiger partial charge in [-0.15, -0.1) is 0 Å². The van der Waals surface area contributed by atoms with Crippen molar-refractivity contribution in [1.82, 2.24) is 15.5 Å². The van der Waals surface area contributed by atoms with Gasteiger partial charge in [0.05, 0.1) is 6.54 Å². The number of hydrogen-bond acceptors (Lipinski definition) is 3. The summed E-state index contributed by atoms with van der Waals surface area (Å²) in [6.45, 7) is 6.69. The van der Waals surface area contributed by atoms with Gasteiger partial charge in [0.1, 0.15) is 11.6 Å². The quantitative estimate of drug-likeness (QED) is 0.862. The molecule has 1 aliphatic heterocycles. The van der Waals surface area contributed by atoms with Crippen molar-refractivity contribution in [3.05, 3.63) is 35.4 Å². The lowest BCUT2D eigenvalue weighted by Gasteiger charge is -2.33. The average molecular weight is 311 g/mol. The molecule has 1 aromatic carbocycles. The summed E-state index contributed by atoms with van der Waals surface area (Å²) in [6, 6.07) is 3.78. The normalized spacial score (nSPS) is 20.6. The van der Waals surface area contributed by atoms with Gasteiger partial charge in [0, 0.05) is 37.3 Å². The Balaban J connectivity index is 1.86. The summed E-state index contributed by atoms with van der Waals surface area (Å²) in [5.41, 5.74) is 0.0193. The number of hydrogen-bond donors (Lipinski definition) is 2. The van der Waals surface area contributed by atoms with Crippen LogP contribution in [-0.2, 0) is 11.2 Å². The number of nitrogens with zero attached hydrogens (tertiary/aromatic N) is 1. The Morgan fingerprint density at radius 3 is 2.77 bits per heavy atom. The van der Waals surface area contributed by atoms with Gasteiger partial charge in [0.2, 0.25) is 5.91 Å². The van der Waals surface area contributed by atoms with Crippen molar-refractivity contribution in [2.75, 3.05) is 26.2 Å². The van der Waals surface area contributed by atoms with Gasteiger partial charge in [-0.3, -0.25) is 9.69 Å². The molecule has 0 bridgehead atoms. The first-order valence-corrected chi connectivity index (χ1v) is 7.64. The molecule has 0 radical (unpaired) electrons. The highest BCUT2D eigenvalue weighted by Gasteiger charge is 2.21. The molecule has 1 unspecified atom stereocenters. The van der Waals surface area contributed by atoms with E-state index >= 15 is 0 Å². The number of amides is 1. The lowest BCUT2D eigenvalue weighted by atomic mass is 10.1. The Bertz CT molecular complexity index is 504. The molecule has 2 rings (SSSR count). The fraction of sp³-hybridized carbons (Fsp3) is 0.562. The first kappa shape index (κ1) is 16.8. The Hall–Kier alpha value is -1.53. The van der Waals surface area contributed by atoms with E-state index in [0.717, 1.165) is 19.6 Å². The second-order valence-corrected chi connectivity index (χ2v) is 5.90. The molecular formula is C16H23F2N3O. The second-order valence-electron chi connectivity index (χ2n) is 5.90. The third-order valence-electron chi connectivity index (χ3n) is 3.96. The van der Waals surface area contributed by atoms with Gasteiger partial charge < -0.3 is 10.6 Å². The van der Waals surface area contributed by atoms with E-state index in [9.17, 15) is 13.6 Å². The molecule has 4 nitrogen and oxygen atoms in total. The molecule has 1 fully saturated rings. The van der Waals surface area contributed by atoms with E-state index in [1.807, 2.05) is 0 Å². The minimum Gasteiger partial charge on any atom is -0.352 e. The van der Waals surface area contributed by atoms with Crippen LogP contribution in [0.2, 0.25) is 0 Å². The number of benzene rings is 1. The van der Waals surface area contributed by atoms with Gasteiger partial charge >= 0.3 is 0 Å². The molecule has 0 aliphatic carbocycles. The van der Waals surface area contributed by atoms with Gasteiger partial charge in [-0.05, 0) is 32.4 Å². The third kappa shape index (κ3) is 4.48. The highest BCUT2D eigenvalue weighted by Crippen LogP contribution is 2.14. The first-order chi connectivity index (χ1) is 10.5. The fourth-order valence-corrected chi connectivity index (χ4v) is 2.71. The topological polar surface area (TPSA) is 44.4 Å². The highest BCUT2D eigenvalue weighted by molar-refractivity contribution is 5.78. The van der Waals surface area contributed by atoms with E-state index in [1.54, 1.807) is 6.92 Å². The van der Waals surface area contributed by atoms with Gasteiger partial charge in [0.25, 0.3) is 0 Å². The average Bonchev–Trinajstić information content (AvgIpc) is 2.45. The van der Waals surface area contributed by atoms with Crippen molar-refractivity contribution in [1.29, 1.82) is 0 Å². The predicted octanol–water partition coefficient (Wildman–Crippen LogP) is 1.31. The van der Waals surface area contributed by atoms with E-state index in [2.05, 4.69) is 22.5 Å². The van der Waals surface area contributed by atoms with Crippen LogP contribution in [0.4, 0.5) is 8.78 Å². The fourth-order valence-electron chi connectivity index (χ4n) is 2.71. The van der Waals surface area contributed by atoms with Crippen LogP contribution in [0, 0.1) is 11.6 Å². The SMILES string of the molecule is CC(Cc1c(F)cccc1F)NC(=O)CN1CCNC[C@H]1C. The van der Waals surface area contributed by atoms with Crippen molar-refractivity contribution < 1.29 is 13.6 Å². The largest absolute Gasteiger partial charge is 0.352 e. The van der Waals surface area contributed by atoms with Crippen molar-refractivity contribution in [3.63, 3.8) is 0 Å². The van der Waals surface area contributed by atoms with Crippen molar-refractivity contribution >= 4 is 5.91 Å². The molecule has 1 aromatic rings. The lowest BCUT2D eigenvalue weighted by Crippen LogP contribution is -2.53. The van der Waals surface area contributed by atoms with E-state index in [0.29, 0.717) is 12.6 Å². The summed E-state index contributed by atoms with van der Waals surface area (Å²) in [7, 11) is 0. The molecule has 6 heteroatoms. The van der Waals surface area contributed by atoms with Crippen LogP contribution in [0.25, 0.3) is 0 Å². The number of carbonyl (C=O) groups is 1. The monoisotopic (exact) mass is 311 g/mol. The van der Waals surface area contributed by atoms with E-state index in [-0.39, 0.29) is 23.9 Å². The van der Waals surface area contributed by atoms with Crippen LogP contribution in [0.5, 0.6) is 0 Å². The van der Waals surface area contributed by atoms with Crippen molar-refractivity contribution in [3.8, 4) is 0 Å². The molecule has 0 spiro atoms. The smallest absolute Gasteiger partial charge is 0.234 e. The molecule has 1 aliphatic rings. The molecule has 122 valence electrons. The number of carbonyl (C=O) groups excluding carboxylic acids is 1. The second kappa shape index (κ2) is 7.65. The summed E-state index contributed by atoms with van der Waals surface area (Å²) >= 11 is 0. The van der Waals surface area contributed by atoms with Crippen LogP contribution in [0.3, 0.4) is 0 Å². The lowest BCUT2D eigenvalue weighted by molar-refractivity contribution is -0.123. The maximum atomic E-state index is 13.6. The summed E-state index contributed by atoms with van der Waals surface area (Å²) in [4.78, 5) is 14.2. The molecule has 2 atom stereocenters. The molecule has 1 saturated heterocycles. The summed E-state index contributed by atoms with van der Waals surface area (Å²) in [5.74, 6) is -1.26. The summed E-state index contributed by atoms with van der Waals surface area (Å²) < 4.78 is 27.2. The maximum Gasteiger partial charge on any atom is 0.234 e. The van der Waals surface area contributed by atoms with Crippen molar-refractivity contribution in [2.45, 2.75) is 32.4 Å². The molecule has 1 amide bonds. The zero-order valence-electron chi connectivity index (χ0n) is 13.0.